The van der Waals surface area contributed by atoms with Crippen LogP contribution in [-0.2, 0) is 0 Å². The first-order chi connectivity index (χ1) is 8.10. The maximum absolute atomic E-state index is 5.63. The average Bonchev–Trinajstić information content (AvgIpc) is 2.83. The lowest BCUT2D eigenvalue weighted by Crippen LogP contribution is -2.29. The number of hydrogen-bond acceptors (Lipinski definition) is 6. The molecule has 0 aliphatic rings. The molecule has 6 heteroatoms. The van der Waals surface area contributed by atoms with E-state index in [0.29, 0.717) is 17.9 Å². The quantitative estimate of drug-likeness (QED) is 0.806. The van der Waals surface area contributed by atoms with Crippen LogP contribution in [0.15, 0.2) is 4.42 Å². The normalized spacial score (nSPS) is 14.6. The molecule has 98 valence electrons. The van der Waals surface area contributed by atoms with Gasteiger partial charge in [0, 0.05) is 13.1 Å². The lowest BCUT2D eigenvalue weighted by molar-refractivity contribution is 0.426. The summed E-state index contributed by atoms with van der Waals surface area (Å²) in [6, 6.07) is 1.09. The lowest BCUT2D eigenvalue weighted by Gasteiger charge is -2.22. The van der Waals surface area contributed by atoms with E-state index in [1.807, 2.05) is 37.7 Å². The molecule has 2 unspecified atom stereocenters. The van der Waals surface area contributed by atoms with Gasteiger partial charge in [0.15, 0.2) is 0 Å². The van der Waals surface area contributed by atoms with Gasteiger partial charge in [-0.05, 0) is 39.3 Å². The molecule has 0 saturated heterocycles. The van der Waals surface area contributed by atoms with Crippen molar-refractivity contribution in [2.45, 2.75) is 32.4 Å². The zero-order valence-corrected chi connectivity index (χ0v) is 12.0. The molecule has 0 amide bonds. The van der Waals surface area contributed by atoms with Crippen molar-refractivity contribution < 1.29 is 4.42 Å². The van der Waals surface area contributed by atoms with Crippen LogP contribution < -0.4 is 10.2 Å². The first-order valence-electron chi connectivity index (χ1n) is 5.82. The van der Waals surface area contributed by atoms with Gasteiger partial charge in [0.1, 0.15) is 0 Å². The summed E-state index contributed by atoms with van der Waals surface area (Å²) in [6.45, 7) is 4.16. The molecule has 2 atom stereocenters. The van der Waals surface area contributed by atoms with Crippen molar-refractivity contribution in [3.63, 3.8) is 0 Å². The van der Waals surface area contributed by atoms with Crippen LogP contribution in [0.5, 0.6) is 0 Å². The van der Waals surface area contributed by atoms with Crippen molar-refractivity contribution in [2.24, 2.45) is 0 Å². The van der Waals surface area contributed by atoms with Crippen molar-refractivity contribution in [1.82, 2.24) is 15.5 Å². The van der Waals surface area contributed by atoms with Crippen molar-refractivity contribution in [3.05, 3.63) is 5.89 Å². The molecule has 17 heavy (non-hydrogen) atoms. The van der Waals surface area contributed by atoms with Crippen LogP contribution in [0.25, 0.3) is 0 Å². The zero-order valence-electron chi connectivity index (χ0n) is 11.2. The van der Waals surface area contributed by atoms with Gasteiger partial charge in [-0.15, -0.1) is 5.10 Å². The molecule has 0 bridgehead atoms. The van der Waals surface area contributed by atoms with E-state index in [4.69, 9.17) is 4.42 Å². The molecule has 1 aromatic rings. The Kier molecular flexibility index (Phi) is 5.77. The Balaban J connectivity index is 2.62. The Bertz CT molecular complexity index is 331. The van der Waals surface area contributed by atoms with Gasteiger partial charge in [-0.1, -0.05) is 5.10 Å². The van der Waals surface area contributed by atoms with E-state index in [1.165, 1.54) is 0 Å². The molecule has 0 aliphatic carbocycles. The molecule has 0 aromatic carbocycles. The number of nitrogens with zero attached hydrogens (tertiary/aromatic N) is 3. The van der Waals surface area contributed by atoms with Crippen molar-refractivity contribution in [3.8, 4) is 0 Å². The molecule has 1 rings (SSSR count). The third-order valence-corrected chi connectivity index (χ3v) is 3.58. The zero-order chi connectivity index (χ0) is 12.8. The topological polar surface area (TPSA) is 54.2 Å². The average molecular weight is 258 g/mol. The van der Waals surface area contributed by atoms with Gasteiger partial charge >= 0.3 is 6.01 Å². The van der Waals surface area contributed by atoms with Crippen molar-refractivity contribution in [1.29, 1.82) is 0 Å². The van der Waals surface area contributed by atoms with Gasteiger partial charge in [-0.2, -0.15) is 11.8 Å². The number of aromatic nitrogens is 2. The van der Waals surface area contributed by atoms with E-state index < -0.39 is 0 Å². The van der Waals surface area contributed by atoms with Crippen LogP contribution in [0.2, 0.25) is 0 Å². The highest BCUT2D eigenvalue weighted by Crippen LogP contribution is 2.19. The van der Waals surface area contributed by atoms with Crippen molar-refractivity contribution >= 4 is 17.8 Å². The molecule has 0 aliphatic heterocycles. The minimum absolute atomic E-state index is 0.0890. The Labute approximate surface area is 107 Å². The molecule has 0 fully saturated rings. The van der Waals surface area contributed by atoms with E-state index in [-0.39, 0.29) is 6.04 Å². The molecule has 0 saturated carbocycles. The van der Waals surface area contributed by atoms with E-state index >= 15 is 0 Å². The summed E-state index contributed by atoms with van der Waals surface area (Å²) in [6.07, 6.45) is 3.23. The van der Waals surface area contributed by atoms with Gasteiger partial charge in [-0.3, -0.25) is 0 Å². The monoisotopic (exact) mass is 258 g/mol. The molecule has 1 aromatic heterocycles. The van der Waals surface area contributed by atoms with E-state index in [9.17, 15) is 0 Å². The fourth-order valence-electron chi connectivity index (χ4n) is 1.34. The minimum Gasteiger partial charge on any atom is -0.406 e. The fourth-order valence-corrected chi connectivity index (χ4v) is 1.91. The molecule has 1 heterocycles. The SMILES string of the molecule is CNC(C)c1nnc(N(C)C(C)CCSC)o1. The minimum atomic E-state index is 0.0890. The van der Waals surface area contributed by atoms with Gasteiger partial charge < -0.3 is 14.6 Å². The first kappa shape index (κ1) is 14.3. The summed E-state index contributed by atoms with van der Waals surface area (Å²) in [4.78, 5) is 2.04. The van der Waals surface area contributed by atoms with Crippen molar-refractivity contribution in [2.75, 3.05) is 31.0 Å². The smallest absolute Gasteiger partial charge is 0.318 e. The number of anilines is 1. The fraction of sp³-hybridized carbons (Fsp3) is 0.818. The van der Waals surface area contributed by atoms with Gasteiger partial charge in [0.05, 0.1) is 6.04 Å². The highest BCUT2D eigenvalue weighted by molar-refractivity contribution is 7.98. The van der Waals surface area contributed by atoms with Crippen LogP contribution in [0.3, 0.4) is 0 Å². The van der Waals surface area contributed by atoms with Crippen LogP contribution >= 0.6 is 11.8 Å². The predicted octanol–water partition coefficient (Wildman–Crippen LogP) is 1.93. The molecule has 1 N–H and O–H groups in total. The summed E-state index contributed by atoms with van der Waals surface area (Å²) < 4.78 is 5.63. The van der Waals surface area contributed by atoms with Gasteiger partial charge in [-0.25, -0.2) is 0 Å². The molecule has 5 nitrogen and oxygen atoms in total. The summed E-state index contributed by atoms with van der Waals surface area (Å²) in [5.74, 6) is 1.77. The second kappa shape index (κ2) is 6.86. The number of rotatable bonds is 7. The molecular formula is C11H22N4OS. The van der Waals surface area contributed by atoms with Gasteiger partial charge in [0.25, 0.3) is 0 Å². The lowest BCUT2D eigenvalue weighted by atomic mass is 10.2. The standard InChI is InChI=1S/C11H22N4OS/c1-8(6-7-17-5)15(4)11-14-13-10(16-11)9(2)12-3/h8-9,12H,6-7H2,1-5H3. The maximum Gasteiger partial charge on any atom is 0.318 e. The number of thioether (sulfide) groups is 1. The largest absolute Gasteiger partial charge is 0.406 e. The second-order valence-corrected chi connectivity index (χ2v) is 5.16. The molecule has 0 spiro atoms. The van der Waals surface area contributed by atoms with Crippen LogP contribution in [0.1, 0.15) is 32.2 Å². The summed E-state index contributed by atoms with van der Waals surface area (Å²) in [7, 11) is 3.87. The number of hydrogen-bond donors (Lipinski definition) is 1. The Morgan fingerprint density at radius 2 is 2.12 bits per heavy atom. The Morgan fingerprint density at radius 1 is 1.41 bits per heavy atom. The van der Waals surface area contributed by atoms with Crippen LogP contribution in [-0.4, -0.2) is 42.3 Å². The third-order valence-electron chi connectivity index (χ3n) is 2.94. The highest BCUT2D eigenvalue weighted by atomic mass is 32.2. The summed E-state index contributed by atoms with van der Waals surface area (Å²) >= 11 is 1.85. The van der Waals surface area contributed by atoms with Gasteiger partial charge in [0.2, 0.25) is 5.89 Å². The van der Waals surface area contributed by atoms with Crippen LogP contribution in [0, 0.1) is 0 Å². The molecule has 0 radical (unpaired) electrons. The maximum atomic E-state index is 5.63. The highest BCUT2D eigenvalue weighted by Gasteiger charge is 2.18. The van der Waals surface area contributed by atoms with E-state index in [0.717, 1.165) is 12.2 Å². The summed E-state index contributed by atoms with van der Waals surface area (Å²) in [5.41, 5.74) is 0. The van der Waals surface area contributed by atoms with E-state index in [2.05, 4.69) is 28.7 Å². The summed E-state index contributed by atoms with van der Waals surface area (Å²) in [5, 5.41) is 11.2. The molecular weight excluding hydrogens is 236 g/mol. The van der Waals surface area contributed by atoms with E-state index in [1.54, 1.807) is 0 Å². The first-order valence-corrected chi connectivity index (χ1v) is 7.22. The second-order valence-electron chi connectivity index (χ2n) is 4.17. The number of nitrogens with one attached hydrogen (secondary N) is 1. The predicted molar refractivity (Wildman–Crippen MR) is 72.6 cm³/mol. The third kappa shape index (κ3) is 3.89. The Hall–Kier alpha value is -0.750. The Morgan fingerprint density at radius 3 is 2.71 bits per heavy atom. The van der Waals surface area contributed by atoms with Crippen LogP contribution in [0.4, 0.5) is 6.01 Å².